The Balaban J connectivity index is 2.13. The van der Waals surface area contributed by atoms with E-state index < -0.39 is 0 Å². The topological polar surface area (TPSA) is 9.23 Å². The minimum Gasteiger partial charge on any atom is -0.375 e. The molecular formula is C11H13FO. The zero-order valence-corrected chi connectivity index (χ0v) is 7.72. The fourth-order valence-electron chi connectivity index (χ4n) is 1.63. The van der Waals surface area contributed by atoms with Crippen LogP contribution in [0.1, 0.15) is 18.9 Å². The SMILES string of the molecule is CC1(Cc2ccccc2F)CCO1. The standard InChI is InChI=1S/C11H13FO/c1-11(6-7-13-11)8-9-4-2-3-5-10(9)12/h2-5H,6-8H2,1H3. The van der Waals surface area contributed by atoms with Crippen LogP contribution in [0.5, 0.6) is 0 Å². The molecule has 1 nitrogen and oxygen atoms in total. The maximum Gasteiger partial charge on any atom is 0.126 e. The molecule has 2 heteroatoms. The molecule has 0 aromatic heterocycles. The first-order valence-electron chi connectivity index (χ1n) is 4.57. The molecule has 1 aromatic carbocycles. The predicted molar refractivity (Wildman–Crippen MR) is 49.1 cm³/mol. The third-order valence-corrected chi connectivity index (χ3v) is 2.60. The summed E-state index contributed by atoms with van der Waals surface area (Å²) in [6.45, 7) is 2.84. The van der Waals surface area contributed by atoms with Gasteiger partial charge in [-0.1, -0.05) is 18.2 Å². The molecule has 1 fully saturated rings. The maximum absolute atomic E-state index is 13.2. The summed E-state index contributed by atoms with van der Waals surface area (Å²) in [5.41, 5.74) is 0.632. The lowest BCUT2D eigenvalue weighted by Gasteiger charge is -2.38. The van der Waals surface area contributed by atoms with Gasteiger partial charge in [0, 0.05) is 6.42 Å². The minimum atomic E-state index is -0.126. The summed E-state index contributed by atoms with van der Waals surface area (Å²) in [5.74, 6) is -0.126. The van der Waals surface area contributed by atoms with Gasteiger partial charge in [-0.25, -0.2) is 4.39 Å². The van der Waals surface area contributed by atoms with E-state index in [4.69, 9.17) is 4.74 Å². The molecule has 0 radical (unpaired) electrons. The van der Waals surface area contributed by atoms with Crippen LogP contribution in [0.15, 0.2) is 24.3 Å². The van der Waals surface area contributed by atoms with Crippen LogP contribution in [-0.4, -0.2) is 12.2 Å². The lowest BCUT2D eigenvalue weighted by molar-refractivity contribution is -0.133. The van der Waals surface area contributed by atoms with Gasteiger partial charge in [-0.2, -0.15) is 0 Å². The van der Waals surface area contributed by atoms with Crippen LogP contribution in [0, 0.1) is 5.82 Å². The fourth-order valence-corrected chi connectivity index (χ4v) is 1.63. The average molecular weight is 180 g/mol. The Hall–Kier alpha value is -0.890. The lowest BCUT2D eigenvalue weighted by atomic mass is 9.89. The van der Waals surface area contributed by atoms with Gasteiger partial charge in [0.25, 0.3) is 0 Å². The minimum absolute atomic E-state index is 0.123. The van der Waals surface area contributed by atoms with Crippen LogP contribution in [0.4, 0.5) is 4.39 Å². The van der Waals surface area contributed by atoms with E-state index in [0.29, 0.717) is 6.42 Å². The molecule has 0 N–H and O–H groups in total. The van der Waals surface area contributed by atoms with Crippen molar-refractivity contribution in [3.05, 3.63) is 35.6 Å². The van der Waals surface area contributed by atoms with E-state index in [1.54, 1.807) is 6.07 Å². The van der Waals surface area contributed by atoms with Crippen molar-refractivity contribution in [1.82, 2.24) is 0 Å². The van der Waals surface area contributed by atoms with E-state index in [2.05, 4.69) is 0 Å². The molecule has 0 amide bonds. The van der Waals surface area contributed by atoms with Crippen molar-refractivity contribution < 1.29 is 9.13 Å². The lowest BCUT2D eigenvalue weighted by Crippen LogP contribution is -2.42. The molecule has 1 aliphatic rings. The third kappa shape index (κ3) is 1.73. The molecule has 70 valence electrons. The Labute approximate surface area is 77.5 Å². The highest BCUT2D eigenvalue weighted by Gasteiger charge is 2.33. The van der Waals surface area contributed by atoms with Crippen LogP contribution in [-0.2, 0) is 11.2 Å². The van der Waals surface area contributed by atoms with Gasteiger partial charge >= 0.3 is 0 Å². The first kappa shape index (κ1) is 8.70. The summed E-state index contributed by atoms with van der Waals surface area (Å²) in [6, 6.07) is 6.89. The molecule has 0 bridgehead atoms. The molecule has 0 spiro atoms. The quantitative estimate of drug-likeness (QED) is 0.679. The molecule has 1 saturated heterocycles. The van der Waals surface area contributed by atoms with Crippen molar-refractivity contribution in [1.29, 1.82) is 0 Å². The van der Waals surface area contributed by atoms with Crippen LogP contribution in [0.2, 0.25) is 0 Å². The van der Waals surface area contributed by atoms with Gasteiger partial charge in [0.15, 0.2) is 0 Å². The summed E-state index contributed by atoms with van der Waals surface area (Å²) < 4.78 is 18.6. The van der Waals surface area contributed by atoms with Crippen LogP contribution in [0.25, 0.3) is 0 Å². The zero-order valence-electron chi connectivity index (χ0n) is 7.72. The molecule has 13 heavy (non-hydrogen) atoms. The number of halogens is 1. The number of benzene rings is 1. The van der Waals surface area contributed by atoms with E-state index in [0.717, 1.165) is 18.6 Å². The Morgan fingerprint density at radius 2 is 2.15 bits per heavy atom. The molecule has 0 saturated carbocycles. The summed E-state index contributed by atoms with van der Waals surface area (Å²) >= 11 is 0. The number of hydrogen-bond donors (Lipinski definition) is 0. The monoisotopic (exact) mass is 180 g/mol. The first-order chi connectivity index (χ1) is 6.20. The van der Waals surface area contributed by atoms with Gasteiger partial charge in [0.2, 0.25) is 0 Å². The van der Waals surface area contributed by atoms with Crippen molar-refractivity contribution in [2.75, 3.05) is 6.61 Å². The van der Waals surface area contributed by atoms with E-state index in [1.165, 1.54) is 6.07 Å². The van der Waals surface area contributed by atoms with E-state index in [1.807, 2.05) is 19.1 Å². The highest BCUT2D eigenvalue weighted by Crippen LogP contribution is 2.30. The molecular weight excluding hydrogens is 167 g/mol. The largest absolute Gasteiger partial charge is 0.375 e. The second kappa shape index (κ2) is 3.11. The van der Waals surface area contributed by atoms with Crippen molar-refractivity contribution >= 4 is 0 Å². The second-order valence-corrected chi connectivity index (χ2v) is 3.82. The van der Waals surface area contributed by atoms with Gasteiger partial charge in [-0.3, -0.25) is 0 Å². The molecule has 1 aromatic rings. The number of ether oxygens (including phenoxy) is 1. The predicted octanol–water partition coefficient (Wildman–Crippen LogP) is 2.55. The van der Waals surface area contributed by atoms with Crippen LogP contribution < -0.4 is 0 Å². The fraction of sp³-hybridized carbons (Fsp3) is 0.455. The smallest absolute Gasteiger partial charge is 0.126 e. The Kier molecular flexibility index (Phi) is 2.08. The highest BCUT2D eigenvalue weighted by atomic mass is 19.1. The molecule has 1 atom stereocenters. The molecule has 2 rings (SSSR count). The zero-order chi connectivity index (χ0) is 9.31. The average Bonchev–Trinajstić information content (AvgIpc) is 2.06. The number of rotatable bonds is 2. The molecule has 1 heterocycles. The Morgan fingerprint density at radius 3 is 2.69 bits per heavy atom. The maximum atomic E-state index is 13.2. The first-order valence-corrected chi connectivity index (χ1v) is 4.57. The summed E-state index contributed by atoms with van der Waals surface area (Å²) in [5, 5.41) is 0. The van der Waals surface area contributed by atoms with Gasteiger partial charge in [-0.05, 0) is 25.0 Å². The Bertz CT molecular complexity index is 305. The summed E-state index contributed by atoms with van der Waals surface area (Å²) in [6.07, 6.45) is 1.71. The molecule has 1 aliphatic heterocycles. The van der Waals surface area contributed by atoms with Crippen molar-refractivity contribution in [3.8, 4) is 0 Å². The van der Waals surface area contributed by atoms with Gasteiger partial charge in [0.1, 0.15) is 5.82 Å². The Morgan fingerprint density at radius 1 is 1.46 bits per heavy atom. The van der Waals surface area contributed by atoms with Crippen molar-refractivity contribution in [2.45, 2.75) is 25.4 Å². The number of hydrogen-bond acceptors (Lipinski definition) is 1. The highest BCUT2D eigenvalue weighted by molar-refractivity contribution is 5.19. The van der Waals surface area contributed by atoms with Crippen molar-refractivity contribution in [3.63, 3.8) is 0 Å². The van der Waals surface area contributed by atoms with Crippen LogP contribution in [0.3, 0.4) is 0 Å². The summed E-state index contributed by atoms with van der Waals surface area (Å²) in [7, 11) is 0. The van der Waals surface area contributed by atoms with Crippen molar-refractivity contribution in [2.24, 2.45) is 0 Å². The van der Waals surface area contributed by atoms with Gasteiger partial charge in [-0.15, -0.1) is 0 Å². The van der Waals surface area contributed by atoms with Gasteiger partial charge in [0.05, 0.1) is 12.2 Å². The second-order valence-electron chi connectivity index (χ2n) is 3.82. The van der Waals surface area contributed by atoms with Crippen LogP contribution >= 0.6 is 0 Å². The van der Waals surface area contributed by atoms with Gasteiger partial charge < -0.3 is 4.74 Å². The normalized spacial score (nSPS) is 26.9. The molecule has 1 unspecified atom stereocenters. The molecule has 0 aliphatic carbocycles. The third-order valence-electron chi connectivity index (χ3n) is 2.60. The van der Waals surface area contributed by atoms with E-state index >= 15 is 0 Å². The van der Waals surface area contributed by atoms with E-state index in [9.17, 15) is 4.39 Å². The summed E-state index contributed by atoms with van der Waals surface area (Å²) in [4.78, 5) is 0. The van der Waals surface area contributed by atoms with E-state index in [-0.39, 0.29) is 11.4 Å².